The molecule has 7 nitrogen and oxygen atoms in total. The molecular weight excluding hydrogens is 332 g/mol. The van der Waals surface area contributed by atoms with Crippen LogP contribution < -0.4 is 0 Å². The molecule has 1 unspecified atom stereocenters. The first kappa shape index (κ1) is 16.3. The van der Waals surface area contributed by atoms with Crippen LogP contribution in [0.1, 0.15) is 33.2 Å². The lowest BCUT2D eigenvalue weighted by Crippen LogP contribution is -2.43. The zero-order chi connectivity index (χ0) is 18.4. The maximum Gasteiger partial charge on any atom is 0.331 e. The number of carboxylic acid groups (broad SMARTS) is 1. The predicted octanol–water partition coefficient (Wildman–Crippen LogP) is 2.10. The molecule has 132 valence electrons. The van der Waals surface area contributed by atoms with Crippen LogP contribution in [0, 0.1) is 6.92 Å². The SMILES string of the molecule is Cc1nn(C)c2ncc(C(=O)N3CCc4ccccc4C3C(=O)O)cc12. The summed E-state index contributed by atoms with van der Waals surface area (Å²) in [6.07, 6.45) is 2.12. The second kappa shape index (κ2) is 5.94. The molecule has 0 aliphatic carbocycles. The van der Waals surface area contributed by atoms with E-state index in [1.54, 1.807) is 29.9 Å². The Labute approximate surface area is 149 Å². The Morgan fingerprint density at radius 2 is 2.04 bits per heavy atom. The van der Waals surface area contributed by atoms with Crippen LogP contribution in [-0.2, 0) is 18.3 Å². The molecule has 3 aromatic rings. The number of aliphatic carboxylic acids is 1. The van der Waals surface area contributed by atoms with Crippen molar-refractivity contribution in [3.8, 4) is 0 Å². The van der Waals surface area contributed by atoms with Crippen molar-refractivity contribution in [1.29, 1.82) is 0 Å². The lowest BCUT2D eigenvalue weighted by Gasteiger charge is -2.34. The van der Waals surface area contributed by atoms with Crippen LogP contribution in [0.5, 0.6) is 0 Å². The van der Waals surface area contributed by atoms with Gasteiger partial charge in [0, 0.05) is 25.2 Å². The second-order valence-electron chi connectivity index (χ2n) is 6.49. The van der Waals surface area contributed by atoms with Crippen molar-refractivity contribution in [3.63, 3.8) is 0 Å². The highest BCUT2D eigenvalue weighted by molar-refractivity contribution is 5.99. The van der Waals surface area contributed by atoms with Crippen LogP contribution in [0.15, 0.2) is 36.5 Å². The first-order valence-electron chi connectivity index (χ1n) is 8.38. The van der Waals surface area contributed by atoms with Gasteiger partial charge >= 0.3 is 5.97 Å². The van der Waals surface area contributed by atoms with E-state index in [9.17, 15) is 14.7 Å². The third-order valence-electron chi connectivity index (χ3n) is 4.89. The number of nitrogens with zero attached hydrogens (tertiary/aromatic N) is 4. The molecular formula is C19H18N4O3. The highest BCUT2D eigenvalue weighted by Crippen LogP contribution is 2.31. The first-order valence-corrected chi connectivity index (χ1v) is 8.38. The minimum Gasteiger partial charge on any atom is -0.479 e. The molecule has 1 aliphatic heterocycles. The lowest BCUT2D eigenvalue weighted by molar-refractivity contribution is -0.143. The Hall–Kier alpha value is -3.22. The quantitative estimate of drug-likeness (QED) is 0.765. The maximum absolute atomic E-state index is 13.1. The number of carbonyl (C=O) groups is 2. The summed E-state index contributed by atoms with van der Waals surface area (Å²) < 4.78 is 1.66. The summed E-state index contributed by atoms with van der Waals surface area (Å²) in [6, 6.07) is 8.14. The van der Waals surface area contributed by atoms with E-state index < -0.39 is 12.0 Å². The molecule has 1 atom stereocenters. The predicted molar refractivity (Wildman–Crippen MR) is 94.8 cm³/mol. The fourth-order valence-electron chi connectivity index (χ4n) is 3.64. The van der Waals surface area contributed by atoms with E-state index in [4.69, 9.17) is 0 Å². The molecule has 26 heavy (non-hydrogen) atoms. The van der Waals surface area contributed by atoms with E-state index in [-0.39, 0.29) is 5.91 Å². The van der Waals surface area contributed by atoms with Crippen LogP contribution in [0.3, 0.4) is 0 Å². The van der Waals surface area contributed by atoms with Gasteiger partial charge in [-0.3, -0.25) is 9.48 Å². The van der Waals surface area contributed by atoms with Gasteiger partial charge in [0.05, 0.1) is 11.3 Å². The zero-order valence-electron chi connectivity index (χ0n) is 14.5. The van der Waals surface area contributed by atoms with Gasteiger partial charge in [-0.1, -0.05) is 24.3 Å². The smallest absolute Gasteiger partial charge is 0.331 e. The molecule has 0 fully saturated rings. The Morgan fingerprint density at radius 1 is 1.27 bits per heavy atom. The van der Waals surface area contributed by atoms with E-state index in [1.165, 1.54) is 11.1 Å². The van der Waals surface area contributed by atoms with E-state index in [0.29, 0.717) is 29.7 Å². The van der Waals surface area contributed by atoms with Crippen molar-refractivity contribution < 1.29 is 14.7 Å². The number of aromatic nitrogens is 3. The van der Waals surface area contributed by atoms with Crippen LogP contribution in [0.2, 0.25) is 0 Å². The van der Waals surface area contributed by atoms with Gasteiger partial charge in [-0.05, 0) is 30.5 Å². The molecule has 2 aromatic heterocycles. The van der Waals surface area contributed by atoms with Crippen molar-refractivity contribution in [2.75, 3.05) is 6.54 Å². The first-order chi connectivity index (χ1) is 12.5. The minimum absolute atomic E-state index is 0.329. The highest BCUT2D eigenvalue weighted by Gasteiger charge is 2.36. The normalized spacial score (nSPS) is 16.5. The molecule has 1 N–H and O–H groups in total. The number of pyridine rings is 1. The van der Waals surface area contributed by atoms with Gasteiger partial charge in [-0.15, -0.1) is 0 Å². The minimum atomic E-state index is -1.03. The van der Waals surface area contributed by atoms with Crippen molar-refractivity contribution in [2.45, 2.75) is 19.4 Å². The molecule has 3 heterocycles. The van der Waals surface area contributed by atoms with E-state index >= 15 is 0 Å². The van der Waals surface area contributed by atoms with Crippen molar-refractivity contribution in [3.05, 3.63) is 58.9 Å². The van der Waals surface area contributed by atoms with Crippen LogP contribution in [0.4, 0.5) is 0 Å². The number of hydrogen-bond donors (Lipinski definition) is 1. The third kappa shape index (κ3) is 2.44. The second-order valence-corrected chi connectivity index (χ2v) is 6.49. The van der Waals surface area contributed by atoms with Gasteiger partial charge < -0.3 is 10.0 Å². The van der Waals surface area contributed by atoms with Crippen molar-refractivity contribution in [1.82, 2.24) is 19.7 Å². The molecule has 0 radical (unpaired) electrons. The summed E-state index contributed by atoms with van der Waals surface area (Å²) in [5.74, 6) is -1.36. The molecule has 1 aromatic carbocycles. The maximum atomic E-state index is 13.1. The fraction of sp³-hybridized carbons (Fsp3) is 0.263. The van der Waals surface area contributed by atoms with Gasteiger partial charge in [0.25, 0.3) is 5.91 Å². The fourth-order valence-corrected chi connectivity index (χ4v) is 3.64. The average Bonchev–Trinajstić information content (AvgIpc) is 2.93. The Balaban J connectivity index is 1.76. The number of carbonyl (C=O) groups excluding carboxylic acids is 1. The van der Waals surface area contributed by atoms with Crippen LogP contribution >= 0.6 is 0 Å². The monoisotopic (exact) mass is 350 g/mol. The standard InChI is InChI=1S/C19H18N4O3/c1-11-15-9-13(10-20-17(15)22(2)21-11)18(24)23-8-7-12-5-3-4-6-14(12)16(23)19(25)26/h3-6,9-10,16H,7-8H2,1-2H3,(H,25,26). The zero-order valence-corrected chi connectivity index (χ0v) is 14.5. The number of carboxylic acids is 1. The molecule has 1 aliphatic rings. The Morgan fingerprint density at radius 3 is 2.81 bits per heavy atom. The number of hydrogen-bond acceptors (Lipinski definition) is 4. The molecule has 7 heteroatoms. The molecule has 0 bridgehead atoms. The molecule has 0 saturated heterocycles. The largest absolute Gasteiger partial charge is 0.479 e. The summed E-state index contributed by atoms with van der Waals surface area (Å²) in [4.78, 5) is 30.7. The topological polar surface area (TPSA) is 88.3 Å². The van der Waals surface area contributed by atoms with Crippen LogP contribution in [0.25, 0.3) is 11.0 Å². The summed E-state index contributed by atoms with van der Waals surface area (Å²) in [5.41, 5.74) is 3.49. The lowest BCUT2D eigenvalue weighted by atomic mass is 9.92. The van der Waals surface area contributed by atoms with Crippen molar-refractivity contribution in [2.24, 2.45) is 7.05 Å². The summed E-state index contributed by atoms with van der Waals surface area (Å²) >= 11 is 0. The van der Waals surface area contributed by atoms with Gasteiger partial charge in [-0.2, -0.15) is 5.10 Å². The Kier molecular flexibility index (Phi) is 3.72. The number of amides is 1. The van der Waals surface area contributed by atoms with Crippen LogP contribution in [-0.4, -0.2) is 43.2 Å². The number of benzene rings is 1. The van der Waals surface area contributed by atoms with Gasteiger partial charge in [0.1, 0.15) is 0 Å². The highest BCUT2D eigenvalue weighted by atomic mass is 16.4. The van der Waals surface area contributed by atoms with E-state index in [2.05, 4.69) is 10.1 Å². The number of rotatable bonds is 2. The molecule has 4 rings (SSSR count). The summed E-state index contributed by atoms with van der Waals surface area (Å²) in [7, 11) is 1.80. The van der Waals surface area contributed by atoms with Gasteiger partial charge in [0.15, 0.2) is 11.7 Å². The number of fused-ring (bicyclic) bond motifs is 2. The summed E-state index contributed by atoms with van der Waals surface area (Å²) in [6.45, 7) is 2.21. The van der Waals surface area contributed by atoms with Gasteiger partial charge in [0.2, 0.25) is 0 Å². The third-order valence-corrected chi connectivity index (χ3v) is 4.89. The van der Waals surface area contributed by atoms with Crippen molar-refractivity contribution >= 4 is 22.9 Å². The van der Waals surface area contributed by atoms with E-state index in [0.717, 1.165) is 16.6 Å². The Bertz CT molecular complexity index is 1040. The summed E-state index contributed by atoms with van der Waals surface area (Å²) in [5, 5.41) is 14.9. The molecule has 0 saturated carbocycles. The molecule has 1 amide bonds. The van der Waals surface area contributed by atoms with E-state index in [1.807, 2.05) is 19.1 Å². The average molecular weight is 350 g/mol. The van der Waals surface area contributed by atoms with Gasteiger partial charge in [-0.25, -0.2) is 9.78 Å². The molecule has 0 spiro atoms. The number of aryl methyl sites for hydroxylation is 2.